The zero-order valence-electron chi connectivity index (χ0n) is 13.6. The van der Waals surface area contributed by atoms with Crippen LogP contribution < -0.4 is 4.90 Å². The van der Waals surface area contributed by atoms with E-state index in [0.717, 1.165) is 40.4 Å². The fourth-order valence-corrected chi connectivity index (χ4v) is 3.88. The second-order valence-corrected chi connectivity index (χ2v) is 6.68. The van der Waals surface area contributed by atoms with Gasteiger partial charge in [0.15, 0.2) is 5.82 Å². The van der Waals surface area contributed by atoms with E-state index in [9.17, 15) is 9.18 Å². The lowest BCUT2D eigenvalue weighted by Gasteiger charge is -2.34. The molecule has 0 atom stereocenters. The number of rotatable bonds is 2. The molecule has 1 saturated heterocycles. The van der Waals surface area contributed by atoms with Crippen LogP contribution in [0.25, 0.3) is 21.5 Å². The van der Waals surface area contributed by atoms with E-state index in [2.05, 4.69) is 19.2 Å². The maximum absolute atomic E-state index is 13.2. The highest BCUT2D eigenvalue weighted by Gasteiger charge is 2.23. The van der Waals surface area contributed by atoms with E-state index < -0.39 is 0 Å². The smallest absolute Gasteiger partial charge is 0.219 e. The number of benzene rings is 1. The van der Waals surface area contributed by atoms with E-state index in [4.69, 9.17) is 0 Å². The molecular formula is C17H16FN5OS. The Kier molecular flexibility index (Phi) is 4.04. The Balaban J connectivity index is 1.68. The minimum absolute atomic E-state index is 0.101. The van der Waals surface area contributed by atoms with Crippen LogP contribution >= 0.6 is 11.5 Å². The summed E-state index contributed by atoms with van der Waals surface area (Å²) in [6.45, 7) is 4.43. The topological polar surface area (TPSA) is 62.2 Å². The largest absolute Gasteiger partial charge is 0.352 e. The van der Waals surface area contributed by atoms with Crippen LogP contribution in [0, 0.1) is 5.82 Å². The Morgan fingerprint density at radius 3 is 2.52 bits per heavy atom. The van der Waals surface area contributed by atoms with Crippen LogP contribution in [0.15, 0.2) is 30.6 Å². The number of carbonyl (C=O) groups is 1. The summed E-state index contributed by atoms with van der Waals surface area (Å²) in [5, 5.41) is 0. The van der Waals surface area contributed by atoms with Crippen LogP contribution in [0.2, 0.25) is 0 Å². The van der Waals surface area contributed by atoms with Crippen LogP contribution in [0.4, 0.5) is 10.2 Å². The summed E-state index contributed by atoms with van der Waals surface area (Å²) < 4.78 is 18.6. The van der Waals surface area contributed by atoms with E-state index in [-0.39, 0.29) is 11.7 Å². The molecule has 4 rings (SSSR count). The molecule has 1 fully saturated rings. The average molecular weight is 357 g/mol. The number of nitrogens with zero attached hydrogens (tertiary/aromatic N) is 5. The second-order valence-electron chi connectivity index (χ2n) is 5.91. The predicted octanol–water partition coefficient (Wildman–Crippen LogP) is 2.56. The van der Waals surface area contributed by atoms with Gasteiger partial charge >= 0.3 is 0 Å². The van der Waals surface area contributed by atoms with Gasteiger partial charge in [-0.2, -0.15) is 4.37 Å². The summed E-state index contributed by atoms with van der Waals surface area (Å²) >= 11 is 1.35. The van der Waals surface area contributed by atoms with Gasteiger partial charge in [0.25, 0.3) is 0 Å². The number of hydrogen-bond donors (Lipinski definition) is 0. The van der Waals surface area contributed by atoms with Gasteiger partial charge < -0.3 is 9.80 Å². The first kappa shape index (κ1) is 15.9. The van der Waals surface area contributed by atoms with E-state index in [1.807, 2.05) is 4.90 Å². The zero-order valence-corrected chi connectivity index (χ0v) is 14.5. The number of anilines is 1. The molecule has 1 amide bonds. The number of halogens is 1. The maximum Gasteiger partial charge on any atom is 0.219 e. The number of amides is 1. The van der Waals surface area contributed by atoms with E-state index in [0.29, 0.717) is 13.1 Å². The van der Waals surface area contributed by atoms with Crippen molar-refractivity contribution in [3.63, 3.8) is 0 Å². The van der Waals surface area contributed by atoms with Gasteiger partial charge in [-0.05, 0) is 35.8 Å². The lowest BCUT2D eigenvalue weighted by atomic mass is 10.1. The molecule has 2 aromatic heterocycles. The molecule has 0 aliphatic carbocycles. The fraction of sp³-hybridized carbons (Fsp3) is 0.294. The number of carbonyl (C=O) groups excluding carboxylic acids is 1. The first-order valence-corrected chi connectivity index (χ1v) is 8.77. The van der Waals surface area contributed by atoms with Crippen molar-refractivity contribution in [3.8, 4) is 11.3 Å². The third-order valence-electron chi connectivity index (χ3n) is 4.38. The number of aromatic nitrogens is 3. The van der Waals surface area contributed by atoms with Crippen molar-refractivity contribution in [1.29, 1.82) is 0 Å². The van der Waals surface area contributed by atoms with E-state index in [1.165, 1.54) is 30.0 Å². The van der Waals surface area contributed by atoms with Gasteiger partial charge in [-0.15, -0.1) is 0 Å². The van der Waals surface area contributed by atoms with Gasteiger partial charge in [0.05, 0.1) is 0 Å². The van der Waals surface area contributed by atoms with Crippen molar-refractivity contribution in [2.24, 2.45) is 0 Å². The standard InChI is InChI=1S/C17H16FN5OS/c1-11(24)22-6-8-23(9-7-22)17-16-15(19-10-20-17)14(21-25-16)12-2-4-13(18)5-3-12/h2-5,10H,6-9H2,1H3. The lowest BCUT2D eigenvalue weighted by Crippen LogP contribution is -2.48. The number of fused-ring (bicyclic) bond motifs is 1. The minimum atomic E-state index is -0.276. The van der Waals surface area contributed by atoms with Crippen molar-refractivity contribution in [1.82, 2.24) is 19.2 Å². The molecule has 3 aromatic rings. The SMILES string of the molecule is CC(=O)N1CCN(c2ncnc3c(-c4ccc(F)cc4)nsc23)CC1. The molecule has 1 aliphatic rings. The first-order chi connectivity index (χ1) is 12.1. The van der Waals surface area contributed by atoms with Gasteiger partial charge in [-0.25, -0.2) is 14.4 Å². The summed E-state index contributed by atoms with van der Waals surface area (Å²) in [7, 11) is 0. The molecule has 0 bridgehead atoms. The molecule has 25 heavy (non-hydrogen) atoms. The first-order valence-electron chi connectivity index (χ1n) is 8.00. The van der Waals surface area contributed by atoms with Crippen molar-refractivity contribution >= 4 is 33.5 Å². The molecule has 3 heterocycles. The van der Waals surface area contributed by atoms with Crippen LogP contribution in [-0.4, -0.2) is 51.3 Å². The average Bonchev–Trinajstić information content (AvgIpc) is 3.06. The third-order valence-corrected chi connectivity index (χ3v) is 5.21. The van der Waals surface area contributed by atoms with Gasteiger partial charge in [0.1, 0.15) is 28.1 Å². The third kappa shape index (κ3) is 2.93. The van der Waals surface area contributed by atoms with Crippen molar-refractivity contribution < 1.29 is 9.18 Å². The zero-order chi connectivity index (χ0) is 17.4. The number of hydrogen-bond acceptors (Lipinski definition) is 6. The van der Waals surface area contributed by atoms with Crippen molar-refractivity contribution in [2.75, 3.05) is 31.1 Å². The van der Waals surface area contributed by atoms with Crippen LogP contribution in [-0.2, 0) is 4.79 Å². The second kappa shape index (κ2) is 6.36. The van der Waals surface area contributed by atoms with E-state index >= 15 is 0 Å². The Hall–Kier alpha value is -2.61. The van der Waals surface area contributed by atoms with Gasteiger partial charge in [-0.3, -0.25) is 4.79 Å². The molecule has 1 aromatic carbocycles. The summed E-state index contributed by atoms with van der Waals surface area (Å²) in [5.74, 6) is 0.671. The fourth-order valence-electron chi connectivity index (χ4n) is 3.01. The Labute approximate surface area is 148 Å². The molecule has 128 valence electrons. The van der Waals surface area contributed by atoms with Crippen molar-refractivity contribution in [3.05, 3.63) is 36.4 Å². The maximum atomic E-state index is 13.2. The Bertz CT molecular complexity index is 918. The Morgan fingerprint density at radius 1 is 1.12 bits per heavy atom. The highest BCUT2D eigenvalue weighted by molar-refractivity contribution is 7.14. The number of piperazine rings is 1. The molecule has 0 N–H and O–H groups in total. The molecular weight excluding hydrogens is 341 g/mol. The molecule has 0 saturated carbocycles. The molecule has 6 nitrogen and oxygen atoms in total. The molecule has 0 spiro atoms. The van der Waals surface area contributed by atoms with Crippen LogP contribution in [0.5, 0.6) is 0 Å². The summed E-state index contributed by atoms with van der Waals surface area (Å²) in [6.07, 6.45) is 1.54. The Morgan fingerprint density at radius 2 is 1.84 bits per heavy atom. The van der Waals surface area contributed by atoms with Crippen LogP contribution in [0.1, 0.15) is 6.92 Å². The molecule has 0 unspecified atom stereocenters. The van der Waals surface area contributed by atoms with Gasteiger partial charge in [0, 0.05) is 38.7 Å². The lowest BCUT2D eigenvalue weighted by molar-refractivity contribution is -0.129. The van der Waals surface area contributed by atoms with Crippen LogP contribution in [0.3, 0.4) is 0 Å². The monoisotopic (exact) mass is 357 g/mol. The summed E-state index contributed by atoms with van der Waals surface area (Å²) in [4.78, 5) is 24.3. The van der Waals surface area contributed by atoms with Gasteiger partial charge in [0.2, 0.25) is 5.91 Å². The molecule has 0 radical (unpaired) electrons. The molecule has 1 aliphatic heterocycles. The van der Waals surface area contributed by atoms with E-state index in [1.54, 1.807) is 19.1 Å². The predicted molar refractivity (Wildman–Crippen MR) is 95.1 cm³/mol. The minimum Gasteiger partial charge on any atom is -0.352 e. The van der Waals surface area contributed by atoms with Crippen molar-refractivity contribution in [2.45, 2.75) is 6.92 Å². The molecule has 8 heteroatoms. The normalized spacial score (nSPS) is 15.0. The highest BCUT2D eigenvalue weighted by Crippen LogP contribution is 2.34. The quantitative estimate of drug-likeness (QED) is 0.705. The van der Waals surface area contributed by atoms with Gasteiger partial charge in [-0.1, -0.05) is 0 Å². The summed E-state index contributed by atoms with van der Waals surface area (Å²) in [5.41, 5.74) is 2.35. The highest BCUT2D eigenvalue weighted by atomic mass is 32.1. The summed E-state index contributed by atoms with van der Waals surface area (Å²) in [6, 6.07) is 6.25.